The van der Waals surface area contributed by atoms with E-state index in [4.69, 9.17) is 16.3 Å². The minimum atomic E-state index is -0.668. The number of carbonyl (C=O) groups excluding carboxylic acids is 1. The van der Waals surface area contributed by atoms with Crippen LogP contribution in [-0.2, 0) is 4.79 Å². The average molecular weight is 385 g/mol. The first-order valence-corrected chi connectivity index (χ1v) is 8.95. The number of hydrogen-bond acceptors (Lipinski definition) is 4. The first-order valence-electron chi connectivity index (χ1n) is 8.57. The lowest BCUT2D eigenvalue weighted by molar-refractivity contribution is -0.122. The maximum Gasteiger partial charge on any atom is 0.265 e. The number of halogens is 1. The third kappa shape index (κ3) is 4.46. The highest BCUT2D eigenvalue weighted by Crippen LogP contribution is 2.25. The van der Waals surface area contributed by atoms with E-state index in [9.17, 15) is 4.79 Å². The molecular formula is C20H21ClN4O2. The second kappa shape index (κ2) is 7.80. The summed E-state index contributed by atoms with van der Waals surface area (Å²) in [6, 6.07) is 11.0. The summed E-state index contributed by atoms with van der Waals surface area (Å²) in [5, 5.41) is 10.5. The normalized spacial score (nSPS) is 11.9. The molecule has 1 amide bonds. The van der Waals surface area contributed by atoms with Crippen molar-refractivity contribution in [2.24, 2.45) is 0 Å². The summed E-state index contributed by atoms with van der Waals surface area (Å²) in [6.07, 6.45) is -0.668. The molecule has 2 aromatic carbocycles. The highest BCUT2D eigenvalue weighted by Gasteiger charge is 2.17. The Hall–Kier alpha value is -2.86. The standard InChI is InChI=1S/C20H21ClN4O2/c1-11-5-6-15(19-22-14(4)24-25-19)10-17(11)23-20(26)13(3)27-18-8-7-16(21)9-12(18)2/h5-10,13H,1-4H3,(H,23,26)(H,22,24,25)/t13-/m0/s1. The van der Waals surface area contributed by atoms with Crippen molar-refractivity contribution >= 4 is 23.2 Å². The molecule has 3 rings (SSSR count). The molecular weight excluding hydrogens is 364 g/mol. The largest absolute Gasteiger partial charge is 0.481 e. The number of nitrogens with zero attached hydrogens (tertiary/aromatic N) is 2. The van der Waals surface area contributed by atoms with E-state index >= 15 is 0 Å². The van der Waals surface area contributed by atoms with Crippen LogP contribution < -0.4 is 10.1 Å². The maximum atomic E-state index is 12.6. The third-order valence-electron chi connectivity index (χ3n) is 4.16. The second-order valence-electron chi connectivity index (χ2n) is 6.43. The van der Waals surface area contributed by atoms with Gasteiger partial charge in [0.25, 0.3) is 5.91 Å². The molecule has 6 nitrogen and oxygen atoms in total. The molecule has 0 saturated heterocycles. The van der Waals surface area contributed by atoms with Gasteiger partial charge < -0.3 is 10.1 Å². The summed E-state index contributed by atoms with van der Waals surface area (Å²) in [4.78, 5) is 16.9. The molecule has 1 heterocycles. The number of hydrogen-bond donors (Lipinski definition) is 2. The quantitative estimate of drug-likeness (QED) is 0.680. The van der Waals surface area contributed by atoms with Crippen molar-refractivity contribution in [1.82, 2.24) is 15.2 Å². The van der Waals surface area contributed by atoms with Gasteiger partial charge in [-0.05, 0) is 63.1 Å². The van der Waals surface area contributed by atoms with Crippen LogP contribution in [0.3, 0.4) is 0 Å². The van der Waals surface area contributed by atoms with Crippen LogP contribution in [0.2, 0.25) is 5.02 Å². The molecule has 0 bridgehead atoms. The molecule has 1 atom stereocenters. The van der Waals surface area contributed by atoms with Crippen molar-refractivity contribution in [3.63, 3.8) is 0 Å². The number of amides is 1. The zero-order valence-electron chi connectivity index (χ0n) is 15.6. The molecule has 0 aliphatic heterocycles. The van der Waals surface area contributed by atoms with Gasteiger partial charge in [-0.3, -0.25) is 9.89 Å². The van der Waals surface area contributed by atoms with Crippen LogP contribution in [0, 0.1) is 20.8 Å². The van der Waals surface area contributed by atoms with Gasteiger partial charge in [0.2, 0.25) is 0 Å². The lowest BCUT2D eigenvalue weighted by Crippen LogP contribution is -2.30. The molecule has 0 radical (unpaired) electrons. The lowest BCUT2D eigenvalue weighted by atomic mass is 10.1. The van der Waals surface area contributed by atoms with Crippen LogP contribution in [-0.4, -0.2) is 27.2 Å². The number of benzene rings is 2. The van der Waals surface area contributed by atoms with Crippen LogP contribution in [0.5, 0.6) is 5.75 Å². The summed E-state index contributed by atoms with van der Waals surface area (Å²) in [5.74, 6) is 1.71. The Labute approximate surface area is 162 Å². The third-order valence-corrected chi connectivity index (χ3v) is 4.40. The van der Waals surface area contributed by atoms with Crippen molar-refractivity contribution < 1.29 is 9.53 Å². The van der Waals surface area contributed by atoms with E-state index in [-0.39, 0.29) is 5.91 Å². The predicted octanol–water partition coefficient (Wildman–Crippen LogP) is 4.46. The fourth-order valence-corrected chi connectivity index (χ4v) is 2.82. The van der Waals surface area contributed by atoms with Crippen LogP contribution >= 0.6 is 11.6 Å². The summed E-state index contributed by atoms with van der Waals surface area (Å²) in [6.45, 7) is 7.36. The van der Waals surface area contributed by atoms with Crippen LogP contribution in [0.4, 0.5) is 5.69 Å². The number of aryl methyl sites for hydroxylation is 3. The lowest BCUT2D eigenvalue weighted by Gasteiger charge is -2.17. The summed E-state index contributed by atoms with van der Waals surface area (Å²) in [5.41, 5.74) is 3.33. The van der Waals surface area contributed by atoms with E-state index in [1.54, 1.807) is 25.1 Å². The van der Waals surface area contributed by atoms with Crippen LogP contribution in [0.25, 0.3) is 11.4 Å². The summed E-state index contributed by atoms with van der Waals surface area (Å²) >= 11 is 5.96. The van der Waals surface area contributed by atoms with Gasteiger partial charge in [-0.15, -0.1) is 0 Å². The van der Waals surface area contributed by atoms with Gasteiger partial charge >= 0.3 is 0 Å². The molecule has 2 N–H and O–H groups in total. The molecule has 3 aromatic rings. The summed E-state index contributed by atoms with van der Waals surface area (Å²) in [7, 11) is 0. The van der Waals surface area contributed by atoms with Crippen molar-refractivity contribution in [3.05, 3.63) is 58.4 Å². The number of rotatable bonds is 5. The molecule has 0 unspecified atom stereocenters. The second-order valence-corrected chi connectivity index (χ2v) is 6.87. The number of aromatic nitrogens is 3. The van der Waals surface area contributed by atoms with E-state index in [2.05, 4.69) is 20.5 Å². The maximum absolute atomic E-state index is 12.6. The van der Waals surface area contributed by atoms with Gasteiger partial charge in [-0.1, -0.05) is 23.7 Å². The van der Waals surface area contributed by atoms with Gasteiger partial charge in [0.05, 0.1) is 0 Å². The number of carbonyl (C=O) groups is 1. The zero-order valence-corrected chi connectivity index (χ0v) is 16.4. The molecule has 0 aliphatic rings. The molecule has 0 spiro atoms. The van der Waals surface area contributed by atoms with Crippen molar-refractivity contribution in [1.29, 1.82) is 0 Å². The highest BCUT2D eigenvalue weighted by atomic mass is 35.5. The molecule has 0 saturated carbocycles. The smallest absolute Gasteiger partial charge is 0.265 e. The Morgan fingerprint density at radius 1 is 1.15 bits per heavy atom. The number of aromatic amines is 1. The van der Waals surface area contributed by atoms with Gasteiger partial charge in [0, 0.05) is 16.3 Å². The van der Waals surface area contributed by atoms with Crippen molar-refractivity contribution in [2.45, 2.75) is 33.8 Å². The van der Waals surface area contributed by atoms with E-state index in [0.29, 0.717) is 22.3 Å². The Kier molecular flexibility index (Phi) is 5.46. The first-order chi connectivity index (χ1) is 12.8. The number of anilines is 1. The minimum absolute atomic E-state index is 0.240. The van der Waals surface area contributed by atoms with Gasteiger partial charge in [0.1, 0.15) is 11.6 Å². The molecule has 140 valence electrons. The average Bonchev–Trinajstić information content (AvgIpc) is 3.05. The van der Waals surface area contributed by atoms with E-state index in [1.165, 1.54) is 0 Å². The molecule has 27 heavy (non-hydrogen) atoms. The van der Waals surface area contributed by atoms with Crippen molar-refractivity contribution in [2.75, 3.05) is 5.32 Å². The van der Waals surface area contributed by atoms with E-state index in [1.807, 2.05) is 39.0 Å². The summed E-state index contributed by atoms with van der Waals surface area (Å²) < 4.78 is 5.79. The fraction of sp³-hybridized carbons (Fsp3) is 0.250. The Morgan fingerprint density at radius 2 is 1.93 bits per heavy atom. The van der Waals surface area contributed by atoms with Crippen LogP contribution in [0.1, 0.15) is 23.9 Å². The predicted molar refractivity (Wildman–Crippen MR) is 106 cm³/mol. The topological polar surface area (TPSA) is 79.9 Å². The number of H-pyrrole nitrogens is 1. The molecule has 1 aromatic heterocycles. The van der Waals surface area contributed by atoms with E-state index in [0.717, 1.165) is 22.5 Å². The molecule has 0 fully saturated rings. The zero-order chi connectivity index (χ0) is 19.6. The van der Waals surface area contributed by atoms with Gasteiger partial charge in [-0.2, -0.15) is 5.10 Å². The number of ether oxygens (including phenoxy) is 1. The van der Waals surface area contributed by atoms with E-state index < -0.39 is 6.10 Å². The molecule has 7 heteroatoms. The Balaban J connectivity index is 1.74. The van der Waals surface area contributed by atoms with Crippen molar-refractivity contribution in [3.8, 4) is 17.1 Å². The fourth-order valence-electron chi connectivity index (χ4n) is 2.59. The minimum Gasteiger partial charge on any atom is -0.481 e. The Morgan fingerprint density at radius 3 is 2.59 bits per heavy atom. The Bertz CT molecular complexity index is 984. The van der Waals surface area contributed by atoms with Gasteiger partial charge in [0.15, 0.2) is 11.9 Å². The molecule has 0 aliphatic carbocycles. The van der Waals surface area contributed by atoms with Crippen LogP contribution in [0.15, 0.2) is 36.4 Å². The van der Waals surface area contributed by atoms with Gasteiger partial charge in [-0.25, -0.2) is 4.98 Å². The monoisotopic (exact) mass is 384 g/mol. The first kappa shape index (κ1) is 18.9. The SMILES string of the molecule is Cc1nc(-c2ccc(C)c(NC(=O)[C@H](C)Oc3ccc(Cl)cc3C)c2)n[nH]1. The number of nitrogens with one attached hydrogen (secondary N) is 2. The highest BCUT2D eigenvalue weighted by molar-refractivity contribution is 6.30.